The minimum Gasteiger partial charge on any atom is -0.269 e. The predicted octanol–water partition coefficient (Wildman–Crippen LogP) is 1.99. The van der Waals surface area contributed by atoms with E-state index in [1.807, 2.05) is 18.2 Å². The summed E-state index contributed by atoms with van der Waals surface area (Å²) in [7, 11) is -3.78. The number of nitrogens with one attached hydrogen (secondary N) is 2. The third-order valence-electron chi connectivity index (χ3n) is 3.07. The van der Waals surface area contributed by atoms with Crippen molar-refractivity contribution in [3.8, 4) is 0 Å². The van der Waals surface area contributed by atoms with Crippen LogP contribution < -0.4 is 10.2 Å². The van der Waals surface area contributed by atoms with Gasteiger partial charge in [-0.3, -0.25) is 9.63 Å². The molecule has 0 aliphatic carbocycles. The van der Waals surface area contributed by atoms with E-state index >= 15 is 0 Å². The number of rotatable bonds is 7. The molecule has 0 atom stereocenters. The first kappa shape index (κ1) is 18.1. The number of halogens is 1. The van der Waals surface area contributed by atoms with Crippen LogP contribution in [0.3, 0.4) is 0 Å². The molecule has 0 unspecified atom stereocenters. The van der Waals surface area contributed by atoms with E-state index in [1.165, 1.54) is 0 Å². The SMILES string of the molecule is CCNS(=O)(=O)c1ccc(F)c(C(=O)NOCc2ccccc2)c1. The third-order valence-corrected chi connectivity index (χ3v) is 4.62. The lowest BCUT2D eigenvalue weighted by molar-refractivity contribution is 0.0230. The topological polar surface area (TPSA) is 84.5 Å². The second kappa shape index (κ2) is 8.00. The average molecular weight is 352 g/mol. The van der Waals surface area contributed by atoms with Crippen LogP contribution in [-0.2, 0) is 21.5 Å². The van der Waals surface area contributed by atoms with Crippen LogP contribution in [0.2, 0.25) is 0 Å². The highest BCUT2D eigenvalue weighted by atomic mass is 32.2. The van der Waals surface area contributed by atoms with Crippen LogP contribution in [-0.4, -0.2) is 20.9 Å². The number of benzene rings is 2. The van der Waals surface area contributed by atoms with Crippen LogP contribution in [0.1, 0.15) is 22.8 Å². The third kappa shape index (κ3) is 4.60. The maximum absolute atomic E-state index is 13.8. The molecule has 0 heterocycles. The van der Waals surface area contributed by atoms with Gasteiger partial charge in [0.2, 0.25) is 10.0 Å². The summed E-state index contributed by atoms with van der Waals surface area (Å²) < 4.78 is 39.9. The van der Waals surface area contributed by atoms with Gasteiger partial charge in [0, 0.05) is 6.54 Å². The molecule has 0 aliphatic heterocycles. The first-order valence-electron chi connectivity index (χ1n) is 7.19. The molecule has 0 fully saturated rings. The Kier molecular flexibility index (Phi) is 6.02. The summed E-state index contributed by atoms with van der Waals surface area (Å²) >= 11 is 0. The van der Waals surface area contributed by atoms with Crippen LogP contribution in [0.4, 0.5) is 4.39 Å². The molecule has 2 N–H and O–H groups in total. The van der Waals surface area contributed by atoms with E-state index in [1.54, 1.807) is 19.1 Å². The summed E-state index contributed by atoms with van der Waals surface area (Å²) in [4.78, 5) is 16.8. The van der Waals surface area contributed by atoms with Crippen molar-refractivity contribution in [3.63, 3.8) is 0 Å². The van der Waals surface area contributed by atoms with Crippen LogP contribution >= 0.6 is 0 Å². The van der Waals surface area contributed by atoms with E-state index in [2.05, 4.69) is 10.2 Å². The lowest BCUT2D eigenvalue weighted by atomic mass is 10.2. The van der Waals surface area contributed by atoms with E-state index in [0.29, 0.717) is 0 Å². The Labute approximate surface area is 139 Å². The van der Waals surface area contributed by atoms with Crippen LogP contribution in [0.25, 0.3) is 0 Å². The molecule has 0 aromatic heterocycles. The maximum atomic E-state index is 13.8. The minimum atomic E-state index is -3.78. The number of amides is 1. The second-order valence-electron chi connectivity index (χ2n) is 4.85. The fourth-order valence-electron chi connectivity index (χ4n) is 1.93. The molecule has 0 radical (unpaired) electrons. The van der Waals surface area contributed by atoms with Gasteiger partial charge < -0.3 is 0 Å². The largest absolute Gasteiger partial charge is 0.277 e. The van der Waals surface area contributed by atoms with E-state index in [-0.39, 0.29) is 18.0 Å². The van der Waals surface area contributed by atoms with E-state index in [0.717, 1.165) is 23.8 Å². The van der Waals surface area contributed by atoms with Crippen molar-refractivity contribution in [1.29, 1.82) is 0 Å². The second-order valence-corrected chi connectivity index (χ2v) is 6.62. The summed E-state index contributed by atoms with van der Waals surface area (Å²) in [6, 6.07) is 12.1. The van der Waals surface area contributed by atoms with Gasteiger partial charge in [-0.1, -0.05) is 37.3 Å². The zero-order valence-electron chi connectivity index (χ0n) is 13.0. The van der Waals surface area contributed by atoms with Gasteiger partial charge in [-0.05, 0) is 23.8 Å². The fourth-order valence-corrected chi connectivity index (χ4v) is 3.00. The highest BCUT2D eigenvalue weighted by Gasteiger charge is 2.19. The van der Waals surface area contributed by atoms with Crippen LogP contribution in [0, 0.1) is 5.82 Å². The Morgan fingerprint density at radius 3 is 2.54 bits per heavy atom. The molecule has 0 aliphatic rings. The van der Waals surface area contributed by atoms with E-state index in [4.69, 9.17) is 4.84 Å². The average Bonchev–Trinajstić information content (AvgIpc) is 2.56. The lowest BCUT2D eigenvalue weighted by Gasteiger charge is -2.09. The standard InChI is InChI=1S/C16H17FN2O4S/c1-2-18-24(21,22)13-8-9-15(17)14(10-13)16(20)19-23-11-12-6-4-3-5-7-12/h3-10,18H,2,11H2,1H3,(H,19,20). The Bertz CT molecular complexity index is 810. The molecule has 0 saturated heterocycles. The maximum Gasteiger partial charge on any atom is 0.277 e. The molecule has 0 spiro atoms. The molecule has 2 rings (SSSR count). The molecule has 2 aromatic carbocycles. The lowest BCUT2D eigenvalue weighted by Crippen LogP contribution is -2.26. The van der Waals surface area contributed by atoms with E-state index < -0.39 is 27.3 Å². The normalized spacial score (nSPS) is 11.2. The minimum absolute atomic E-state index is 0.101. The molecule has 24 heavy (non-hydrogen) atoms. The van der Waals surface area contributed by atoms with Gasteiger partial charge in [0.1, 0.15) is 5.82 Å². The molecular weight excluding hydrogens is 335 g/mol. The number of carbonyl (C=O) groups excluding carboxylic acids is 1. The number of hydrogen-bond donors (Lipinski definition) is 2. The van der Waals surface area contributed by atoms with Gasteiger partial charge in [-0.2, -0.15) is 0 Å². The highest BCUT2D eigenvalue weighted by Crippen LogP contribution is 2.15. The zero-order valence-corrected chi connectivity index (χ0v) is 13.8. The van der Waals surface area contributed by atoms with Gasteiger partial charge in [0.25, 0.3) is 5.91 Å². The van der Waals surface area contributed by atoms with Crippen molar-refractivity contribution in [2.24, 2.45) is 0 Å². The van der Waals surface area contributed by atoms with Crippen molar-refractivity contribution in [2.45, 2.75) is 18.4 Å². The van der Waals surface area contributed by atoms with Crippen molar-refractivity contribution < 1.29 is 22.4 Å². The van der Waals surface area contributed by atoms with Crippen molar-refractivity contribution in [2.75, 3.05) is 6.54 Å². The molecule has 1 amide bonds. The van der Waals surface area contributed by atoms with Crippen molar-refractivity contribution in [1.82, 2.24) is 10.2 Å². The summed E-state index contributed by atoms with van der Waals surface area (Å²) in [6.07, 6.45) is 0. The summed E-state index contributed by atoms with van der Waals surface area (Å²) in [5, 5.41) is 0. The van der Waals surface area contributed by atoms with Gasteiger partial charge in [0.15, 0.2) is 0 Å². The van der Waals surface area contributed by atoms with Crippen molar-refractivity contribution in [3.05, 3.63) is 65.5 Å². The molecular formula is C16H17FN2O4S. The smallest absolute Gasteiger partial charge is 0.269 e. The zero-order chi connectivity index (χ0) is 17.6. The highest BCUT2D eigenvalue weighted by molar-refractivity contribution is 7.89. The molecule has 0 bridgehead atoms. The first-order chi connectivity index (χ1) is 11.4. The Morgan fingerprint density at radius 1 is 1.17 bits per heavy atom. The number of carbonyl (C=O) groups is 1. The van der Waals surface area contributed by atoms with Crippen LogP contribution in [0.5, 0.6) is 0 Å². The summed E-state index contributed by atoms with van der Waals surface area (Å²) in [5.41, 5.74) is 2.51. The molecule has 0 saturated carbocycles. The molecule has 8 heteroatoms. The van der Waals surface area contributed by atoms with Gasteiger partial charge in [0.05, 0.1) is 17.1 Å². The van der Waals surface area contributed by atoms with Crippen molar-refractivity contribution >= 4 is 15.9 Å². The number of hydroxylamine groups is 1. The number of sulfonamides is 1. The van der Waals surface area contributed by atoms with Gasteiger partial charge >= 0.3 is 0 Å². The van der Waals surface area contributed by atoms with Gasteiger partial charge in [-0.25, -0.2) is 23.0 Å². The Balaban J connectivity index is 2.08. The summed E-state index contributed by atoms with van der Waals surface area (Å²) in [5.74, 6) is -1.71. The fraction of sp³-hybridized carbons (Fsp3) is 0.188. The van der Waals surface area contributed by atoms with Crippen LogP contribution in [0.15, 0.2) is 53.4 Å². The summed E-state index contributed by atoms with van der Waals surface area (Å²) in [6.45, 7) is 1.90. The van der Waals surface area contributed by atoms with Gasteiger partial charge in [-0.15, -0.1) is 0 Å². The quantitative estimate of drug-likeness (QED) is 0.747. The molecule has 6 nitrogen and oxygen atoms in total. The molecule has 128 valence electrons. The number of hydrogen-bond acceptors (Lipinski definition) is 4. The predicted molar refractivity (Wildman–Crippen MR) is 86.0 cm³/mol. The molecule has 2 aromatic rings. The monoisotopic (exact) mass is 352 g/mol. The van der Waals surface area contributed by atoms with E-state index in [9.17, 15) is 17.6 Å². The Hall–Kier alpha value is -2.29. The Morgan fingerprint density at radius 2 is 1.88 bits per heavy atom. The first-order valence-corrected chi connectivity index (χ1v) is 8.67.